The van der Waals surface area contributed by atoms with Gasteiger partial charge in [0.25, 0.3) is 0 Å². The summed E-state index contributed by atoms with van der Waals surface area (Å²) in [5.74, 6) is 1.63. The molecular formula is C21H34N2O3. The van der Waals surface area contributed by atoms with E-state index in [4.69, 9.17) is 9.47 Å². The summed E-state index contributed by atoms with van der Waals surface area (Å²) in [5, 5.41) is 10.5. The number of likely N-dealkylation sites (tertiary alicyclic amines) is 2. The molecule has 1 N–H and O–H groups in total. The van der Waals surface area contributed by atoms with Gasteiger partial charge in [-0.25, -0.2) is 0 Å². The van der Waals surface area contributed by atoms with Crippen molar-refractivity contribution in [3.63, 3.8) is 0 Å². The summed E-state index contributed by atoms with van der Waals surface area (Å²) < 4.78 is 11.4. The van der Waals surface area contributed by atoms with E-state index in [1.807, 2.05) is 12.1 Å². The van der Waals surface area contributed by atoms with Crippen LogP contribution in [0, 0.1) is 0 Å². The average Bonchev–Trinajstić information content (AvgIpc) is 2.59. The molecule has 2 fully saturated rings. The van der Waals surface area contributed by atoms with Crippen LogP contribution >= 0.6 is 0 Å². The first-order valence-electron chi connectivity index (χ1n) is 10.2. The van der Waals surface area contributed by atoms with Gasteiger partial charge in [0.05, 0.1) is 7.11 Å². The van der Waals surface area contributed by atoms with Crippen LogP contribution in [0.25, 0.3) is 0 Å². The predicted molar refractivity (Wildman–Crippen MR) is 104 cm³/mol. The minimum absolute atomic E-state index is 0.330. The molecule has 0 saturated carbocycles. The number of ether oxygens (including phenoxy) is 2. The van der Waals surface area contributed by atoms with Crippen molar-refractivity contribution >= 4 is 0 Å². The van der Waals surface area contributed by atoms with Gasteiger partial charge in [-0.2, -0.15) is 0 Å². The predicted octanol–water partition coefficient (Wildman–Crippen LogP) is 2.91. The second-order valence-electron chi connectivity index (χ2n) is 7.64. The fourth-order valence-corrected chi connectivity index (χ4v) is 3.74. The maximum Gasteiger partial charge on any atom is 0.127 e. The van der Waals surface area contributed by atoms with E-state index < -0.39 is 6.10 Å². The number of hydrogen-bond acceptors (Lipinski definition) is 5. The van der Waals surface area contributed by atoms with Gasteiger partial charge in [-0.3, -0.25) is 4.90 Å². The first kappa shape index (κ1) is 19.5. The molecule has 26 heavy (non-hydrogen) atoms. The van der Waals surface area contributed by atoms with Crippen LogP contribution < -0.4 is 9.47 Å². The number of aliphatic hydroxyl groups is 1. The van der Waals surface area contributed by atoms with Crippen molar-refractivity contribution in [2.45, 2.75) is 51.2 Å². The second-order valence-corrected chi connectivity index (χ2v) is 7.64. The van der Waals surface area contributed by atoms with Gasteiger partial charge in [0, 0.05) is 24.7 Å². The standard InChI is InChI=1S/C21H34N2O3/c1-25-20-9-8-18(15-22-12-7-13-22)21(14-20)26-17-19(24)16-23-10-5-3-2-4-6-11-23/h8-9,14,19,24H,2-7,10-13,15-17H2,1H3/t19-/m0/s1. The monoisotopic (exact) mass is 362 g/mol. The summed E-state index contributed by atoms with van der Waals surface area (Å²) in [6.45, 7) is 6.43. The van der Waals surface area contributed by atoms with E-state index in [0.717, 1.165) is 44.2 Å². The van der Waals surface area contributed by atoms with Crippen LogP contribution in [0.1, 0.15) is 44.1 Å². The summed E-state index contributed by atoms with van der Waals surface area (Å²) in [6, 6.07) is 6.01. The summed E-state index contributed by atoms with van der Waals surface area (Å²) >= 11 is 0. The number of benzene rings is 1. The maximum atomic E-state index is 10.5. The summed E-state index contributed by atoms with van der Waals surface area (Å²) in [7, 11) is 1.67. The average molecular weight is 363 g/mol. The molecule has 146 valence electrons. The van der Waals surface area contributed by atoms with Crippen molar-refractivity contribution in [1.29, 1.82) is 0 Å². The third kappa shape index (κ3) is 5.86. The van der Waals surface area contributed by atoms with Crippen LogP contribution in [0.4, 0.5) is 0 Å². The second kappa shape index (κ2) is 10.1. The number of methoxy groups -OCH3 is 1. The Morgan fingerprint density at radius 3 is 2.31 bits per heavy atom. The smallest absolute Gasteiger partial charge is 0.127 e. The lowest BCUT2D eigenvalue weighted by Crippen LogP contribution is -2.38. The lowest BCUT2D eigenvalue weighted by Gasteiger charge is -2.31. The van der Waals surface area contributed by atoms with Crippen molar-refractivity contribution in [2.75, 3.05) is 46.4 Å². The van der Waals surface area contributed by atoms with Crippen LogP contribution in [0.5, 0.6) is 11.5 Å². The van der Waals surface area contributed by atoms with E-state index in [-0.39, 0.29) is 0 Å². The molecule has 1 aromatic rings. The van der Waals surface area contributed by atoms with Crippen LogP contribution in [0.3, 0.4) is 0 Å². The number of β-amino-alcohol motifs (C(OH)–C–C–N with tert-alkyl or cyclic N) is 1. The van der Waals surface area contributed by atoms with Crippen molar-refractivity contribution in [3.8, 4) is 11.5 Å². The normalized spacial score (nSPS) is 20.7. The molecule has 0 amide bonds. The number of rotatable bonds is 8. The van der Waals surface area contributed by atoms with Gasteiger partial charge in [-0.1, -0.05) is 25.3 Å². The fraction of sp³-hybridized carbons (Fsp3) is 0.714. The third-order valence-electron chi connectivity index (χ3n) is 5.47. The van der Waals surface area contributed by atoms with E-state index in [0.29, 0.717) is 13.2 Å². The van der Waals surface area contributed by atoms with Crippen molar-refractivity contribution < 1.29 is 14.6 Å². The lowest BCUT2D eigenvalue weighted by molar-refractivity contribution is 0.0644. The Bertz CT molecular complexity index is 540. The molecule has 0 bridgehead atoms. The number of aliphatic hydroxyl groups excluding tert-OH is 1. The maximum absolute atomic E-state index is 10.5. The zero-order valence-corrected chi connectivity index (χ0v) is 16.2. The Morgan fingerprint density at radius 1 is 0.962 bits per heavy atom. The van der Waals surface area contributed by atoms with Crippen LogP contribution in [-0.4, -0.2) is 67.5 Å². The molecule has 2 aliphatic rings. The molecule has 0 aromatic heterocycles. The van der Waals surface area contributed by atoms with Crippen LogP contribution in [0.2, 0.25) is 0 Å². The van der Waals surface area contributed by atoms with E-state index in [1.54, 1.807) is 7.11 Å². The highest BCUT2D eigenvalue weighted by Crippen LogP contribution is 2.27. The third-order valence-corrected chi connectivity index (χ3v) is 5.47. The van der Waals surface area contributed by atoms with E-state index in [2.05, 4.69) is 15.9 Å². The lowest BCUT2D eigenvalue weighted by atomic mass is 10.1. The molecule has 0 aliphatic carbocycles. The van der Waals surface area contributed by atoms with E-state index >= 15 is 0 Å². The van der Waals surface area contributed by atoms with Gasteiger partial charge in [0.1, 0.15) is 24.2 Å². The number of nitrogens with zero attached hydrogens (tertiary/aromatic N) is 2. The first-order chi connectivity index (χ1) is 12.7. The Labute approximate surface area is 157 Å². The summed E-state index contributed by atoms with van der Waals surface area (Å²) in [4.78, 5) is 4.80. The molecular weight excluding hydrogens is 328 g/mol. The number of hydrogen-bond donors (Lipinski definition) is 1. The van der Waals surface area contributed by atoms with Gasteiger partial charge in [-0.05, 0) is 51.5 Å². The highest BCUT2D eigenvalue weighted by Gasteiger charge is 2.18. The molecule has 5 heteroatoms. The van der Waals surface area contributed by atoms with Crippen molar-refractivity contribution in [3.05, 3.63) is 23.8 Å². The molecule has 2 heterocycles. The highest BCUT2D eigenvalue weighted by molar-refractivity contribution is 5.40. The Kier molecular flexibility index (Phi) is 7.59. The Hall–Kier alpha value is -1.30. The van der Waals surface area contributed by atoms with Gasteiger partial charge in [0.2, 0.25) is 0 Å². The van der Waals surface area contributed by atoms with Gasteiger partial charge >= 0.3 is 0 Å². The van der Waals surface area contributed by atoms with Crippen LogP contribution in [-0.2, 0) is 6.54 Å². The Balaban J connectivity index is 1.53. The highest BCUT2D eigenvalue weighted by atomic mass is 16.5. The summed E-state index contributed by atoms with van der Waals surface area (Å²) in [5.41, 5.74) is 1.17. The Morgan fingerprint density at radius 2 is 1.65 bits per heavy atom. The summed E-state index contributed by atoms with van der Waals surface area (Å²) in [6.07, 6.45) is 7.28. The van der Waals surface area contributed by atoms with Crippen molar-refractivity contribution in [2.24, 2.45) is 0 Å². The molecule has 1 aromatic carbocycles. The van der Waals surface area contributed by atoms with E-state index in [1.165, 1.54) is 44.1 Å². The van der Waals surface area contributed by atoms with E-state index in [9.17, 15) is 5.11 Å². The van der Waals surface area contributed by atoms with Crippen LogP contribution in [0.15, 0.2) is 18.2 Å². The van der Waals surface area contributed by atoms with Gasteiger partial charge in [-0.15, -0.1) is 0 Å². The molecule has 2 aliphatic heterocycles. The SMILES string of the molecule is COc1ccc(CN2CCC2)c(OC[C@@H](O)CN2CCCCCCC2)c1. The van der Waals surface area contributed by atoms with Crippen molar-refractivity contribution in [1.82, 2.24) is 9.80 Å². The molecule has 5 nitrogen and oxygen atoms in total. The zero-order chi connectivity index (χ0) is 18.2. The molecule has 0 spiro atoms. The molecule has 2 saturated heterocycles. The topological polar surface area (TPSA) is 45.2 Å². The molecule has 1 atom stereocenters. The fourth-order valence-electron chi connectivity index (χ4n) is 3.74. The zero-order valence-electron chi connectivity index (χ0n) is 16.2. The first-order valence-corrected chi connectivity index (χ1v) is 10.2. The quantitative estimate of drug-likeness (QED) is 0.770. The molecule has 0 radical (unpaired) electrons. The van der Waals surface area contributed by atoms with Gasteiger partial charge < -0.3 is 19.5 Å². The molecule has 3 rings (SSSR count). The largest absolute Gasteiger partial charge is 0.497 e. The minimum atomic E-state index is -0.461. The van der Waals surface area contributed by atoms with Gasteiger partial charge in [0.15, 0.2) is 0 Å². The molecule has 0 unspecified atom stereocenters. The minimum Gasteiger partial charge on any atom is -0.497 e.